The predicted molar refractivity (Wildman–Crippen MR) is 51.3 cm³/mol. The van der Waals surface area contributed by atoms with Crippen molar-refractivity contribution in [2.45, 2.75) is 51.1 Å². The van der Waals surface area contributed by atoms with Crippen LogP contribution in [0.4, 0.5) is 17.9 Å². The van der Waals surface area contributed by atoms with Gasteiger partial charge in [0.1, 0.15) is 0 Å². The van der Waals surface area contributed by atoms with E-state index in [2.05, 4.69) is 0 Å². The topological polar surface area (TPSA) is 0 Å². The molecule has 0 radical (unpaired) electrons. The molecule has 2 aliphatic rings. The smallest absolute Gasteiger partial charge is 0.269 e. The van der Waals surface area contributed by atoms with Crippen molar-refractivity contribution in [3.05, 3.63) is 0 Å². The minimum absolute atomic E-state index is 0. The molecule has 2 aliphatic carbocycles. The molecule has 0 N–H and O–H groups in total. The summed E-state index contributed by atoms with van der Waals surface area (Å²) in [5.74, 6) is -0.650. The van der Waals surface area contributed by atoms with Crippen LogP contribution in [0.2, 0.25) is 0 Å². The van der Waals surface area contributed by atoms with Gasteiger partial charge in [0, 0.05) is 0 Å². The molecule has 4 heteroatoms. The maximum atomic E-state index is 12.7. The minimum Gasteiger partial charge on any atom is -0.269 e. The van der Waals surface area contributed by atoms with Crippen LogP contribution in [0.15, 0.2) is 0 Å². The highest BCUT2D eigenvalue weighted by atomic mass is 19.4. The third kappa shape index (κ3) is 2.64. The zero-order valence-corrected chi connectivity index (χ0v) is 8.72. The summed E-state index contributed by atoms with van der Waals surface area (Å²) >= 11 is 0. The number of fused-ring (bicyclic) bond motifs is 1. The van der Waals surface area contributed by atoms with Gasteiger partial charge in [-0.05, 0) is 24.7 Å². The lowest BCUT2D eigenvalue weighted by Crippen LogP contribution is -2.39. The van der Waals surface area contributed by atoms with Crippen LogP contribution < -0.4 is 0 Å². The van der Waals surface area contributed by atoms with E-state index >= 15 is 0 Å². The van der Waals surface area contributed by atoms with E-state index in [0.717, 1.165) is 38.5 Å². The first-order chi connectivity index (χ1) is 6.59. The quantitative estimate of drug-likeness (QED) is 0.540. The van der Waals surface area contributed by atoms with E-state index in [0.29, 0.717) is 12.3 Å². The zero-order chi connectivity index (χ0) is 10.2. The van der Waals surface area contributed by atoms with Crippen molar-refractivity contribution >= 4 is 0 Å². The average Bonchev–Trinajstić information content (AvgIpc) is 2.15. The van der Waals surface area contributed by atoms with Gasteiger partial charge >= 0.3 is 6.18 Å². The van der Waals surface area contributed by atoms with Gasteiger partial charge in [0.15, 0.2) is 0 Å². The molecule has 0 spiro atoms. The summed E-state index contributed by atoms with van der Waals surface area (Å²) in [5, 5.41) is 0. The number of rotatable bonds is 0. The molecular formula is C11H18F4. The second-order valence-corrected chi connectivity index (χ2v) is 4.79. The van der Waals surface area contributed by atoms with E-state index in [1.807, 2.05) is 0 Å². The van der Waals surface area contributed by atoms with Crippen LogP contribution in [0.3, 0.4) is 0 Å². The van der Waals surface area contributed by atoms with E-state index in [9.17, 15) is 13.2 Å². The molecule has 0 aliphatic heterocycles. The third-order valence-corrected chi connectivity index (χ3v) is 4.00. The van der Waals surface area contributed by atoms with Crippen LogP contribution in [0.1, 0.15) is 44.9 Å². The maximum Gasteiger partial charge on any atom is 0.392 e. The van der Waals surface area contributed by atoms with Crippen molar-refractivity contribution in [2.24, 2.45) is 17.8 Å². The van der Waals surface area contributed by atoms with Crippen LogP contribution in [0.25, 0.3) is 0 Å². The Balaban J connectivity index is 0.00000112. The van der Waals surface area contributed by atoms with Gasteiger partial charge in [-0.15, -0.1) is 0 Å². The van der Waals surface area contributed by atoms with Crippen molar-refractivity contribution in [3.63, 3.8) is 0 Å². The Hall–Kier alpha value is -0.280. The highest BCUT2D eigenvalue weighted by molar-refractivity contribution is 4.88. The van der Waals surface area contributed by atoms with Gasteiger partial charge < -0.3 is 0 Å². The van der Waals surface area contributed by atoms with Gasteiger partial charge in [0.05, 0.1) is 5.92 Å². The van der Waals surface area contributed by atoms with Gasteiger partial charge in [0.2, 0.25) is 0 Å². The molecule has 2 rings (SSSR count). The molecule has 15 heavy (non-hydrogen) atoms. The van der Waals surface area contributed by atoms with E-state index in [-0.39, 0.29) is 10.6 Å². The molecule has 2 fully saturated rings. The van der Waals surface area contributed by atoms with Gasteiger partial charge in [-0.1, -0.05) is 32.1 Å². The van der Waals surface area contributed by atoms with Crippen molar-refractivity contribution in [1.29, 1.82) is 0 Å². The lowest BCUT2D eigenvalue weighted by molar-refractivity contribution is -0.205. The second-order valence-electron chi connectivity index (χ2n) is 4.79. The highest BCUT2D eigenvalue weighted by Gasteiger charge is 2.48. The first kappa shape index (κ1) is 12.8. The maximum absolute atomic E-state index is 12.7. The molecule has 3 atom stereocenters. The van der Waals surface area contributed by atoms with Crippen LogP contribution in [0, 0.1) is 17.8 Å². The average molecular weight is 226 g/mol. The molecule has 2 saturated carbocycles. The number of hydrogen-bond acceptors (Lipinski definition) is 0. The summed E-state index contributed by atoms with van der Waals surface area (Å²) in [5.41, 5.74) is 0. The lowest BCUT2D eigenvalue weighted by Gasteiger charge is -2.42. The fourth-order valence-electron chi connectivity index (χ4n) is 3.34. The minimum atomic E-state index is -3.94. The van der Waals surface area contributed by atoms with Gasteiger partial charge in [-0.25, -0.2) is 0 Å². The SMILES string of the molecule is F.FC(F)(F)C1CCCC2CCCCC21. The summed E-state index contributed by atoms with van der Waals surface area (Å²) in [6.45, 7) is 0. The molecule has 0 heterocycles. The monoisotopic (exact) mass is 226 g/mol. The van der Waals surface area contributed by atoms with Crippen LogP contribution in [-0.2, 0) is 0 Å². The first-order valence-electron chi connectivity index (χ1n) is 5.66. The molecule has 0 nitrogen and oxygen atoms in total. The van der Waals surface area contributed by atoms with Crippen molar-refractivity contribution in [2.75, 3.05) is 0 Å². The van der Waals surface area contributed by atoms with Crippen molar-refractivity contribution in [1.82, 2.24) is 0 Å². The second kappa shape index (κ2) is 4.71. The fraction of sp³-hybridized carbons (Fsp3) is 1.00. The number of hydrogen-bond donors (Lipinski definition) is 0. The standard InChI is InChI=1S/C11H17F3.FH/c12-11(13,14)10-7-3-5-8-4-1-2-6-9(8)10;/h8-10H,1-7H2;1H. The normalized spacial score (nSPS) is 36.6. The molecule has 0 aromatic heterocycles. The molecule has 0 saturated heterocycles. The van der Waals surface area contributed by atoms with Gasteiger partial charge in [-0.2, -0.15) is 13.2 Å². The lowest BCUT2D eigenvalue weighted by atomic mass is 9.65. The van der Waals surface area contributed by atoms with Crippen LogP contribution >= 0.6 is 0 Å². The largest absolute Gasteiger partial charge is 0.392 e. The molecule has 0 aromatic carbocycles. The predicted octanol–water partition coefficient (Wildman–Crippen LogP) is 4.31. The summed E-state index contributed by atoms with van der Waals surface area (Å²) in [4.78, 5) is 0. The molecular weight excluding hydrogens is 208 g/mol. The molecule has 0 bridgehead atoms. The number of halogens is 4. The molecule has 90 valence electrons. The summed E-state index contributed by atoms with van der Waals surface area (Å²) in [6.07, 6.45) is 2.26. The summed E-state index contributed by atoms with van der Waals surface area (Å²) < 4.78 is 38.1. The van der Waals surface area contributed by atoms with E-state index in [4.69, 9.17) is 0 Å². The molecule has 0 amide bonds. The number of alkyl halides is 3. The fourth-order valence-corrected chi connectivity index (χ4v) is 3.34. The Kier molecular flexibility index (Phi) is 4.01. The third-order valence-electron chi connectivity index (χ3n) is 4.00. The molecule has 0 aromatic rings. The van der Waals surface area contributed by atoms with Crippen molar-refractivity contribution in [3.8, 4) is 0 Å². The van der Waals surface area contributed by atoms with Gasteiger partial charge in [-0.3, -0.25) is 4.70 Å². The molecule has 3 unspecified atom stereocenters. The summed E-state index contributed by atoms with van der Waals surface area (Å²) in [7, 11) is 0. The Bertz CT molecular complexity index is 197. The highest BCUT2D eigenvalue weighted by Crippen LogP contribution is 2.49. The zero-order valence-electron chi connectivity index (χ0n) is 8.72. The first-order valence-corrected chi connectivity index (χ1v) is 5.66. The van der Waals surface area contributed by atoms with Crippen molar-refractivity contribution < 1.29 is 17.9 Å². The Labute approximate surface area is 87.6 Å². The van der Waals surface area contributed by atoms with E-state index < -0.39 is 12.1 Å². The van der Waals surface area contributed by atoms with Crippen LogP contribution in [-0.4, -0.2) is 6.18 Å². The van der Waals surface area contributed by atoms with Crippen LogP contribution in [0.5, 0.6) is 0 Å². The Morgan fingerprint density at radius 1 is 0.800 bits per heavy atom. The Morgan fingerprint density at radius 3 is 2.07 bits per heavy atom. The summed E-state index contributed by atoms with van der Waals surface area (Å²) in [6, 6.07) is 0. The van der Waals surface area contributed by atoms with E-state index in [1.54, 1.807) is 0 Å². The van der Waals surface area contributed by atoms with E-state index in [1.165, 1.54) is 0 Å². The van der Waals surface area contributed by atoms with Gasteiger partial charge in [0.25, 0.3) is 0 Å². The Morgan fingerprint density at radius 2 is 1.40 bits per heavy atom.